The lowest BCUT2D eigenvalue weighted by Gasteiger charge is -1.98. The van der Waals surface area contributed by atoms with Gasteiger partial charge in [-0.1, -0.05) is 6.08 Å². The van der Waals surface area contributed by atoms with Gasteiger partial charge in [0.05, 0.1) is 0 Å². The molecule has 0 atom stereocenters. The number of allylic oxidation sites excluding steroid dienone is 1. The summed E-state index contributed by atoms with van der Waals surface area (Å²) in [6.07, 6.45) is 2.81. The maximum absolute atomic E-state index is 10.5. The summed E-state index contributed by atoms with van der Waals surface area (Å²) < 4.78 is 0. The molecule has 0 spiro atoms. The van der Waals surface area contributed by atoms with Crippen molar-refractivity contribution in [2.24, 2.45) is 5.73 Å². The SMILES string of the molecule is C/C=C/C(=O)NOCC(N)=O. The van der Waals surface area contributed by atoms with Crippen molar-refractivity contribution < 1.29 is 14.4 Å². The highest BCUT2D eigenvalue weighted by atomic mass is 16.7. The van der Waals surface area contributed by atoms with Gasteiger partial charge >= 0.3 is 0 Å². The minimum absolute atomic E-state index is 0.316. The molecule has 0 aliphatic rings. The highest BCUT2D eigenvalue weighted by molar-refractivity contribution is 5.86. The van der Waals surface area contributed by atoms with Crippen LogP contribution in [0, 0.1) is 0 Å². The Hall–Kier alpha value is -1.36. The molecule has 0 aromatic rings. The molecule has 62 valence electrons. The van der Waals surface area contributed by atoms with Crippen LogP contribution in [-0.2, 0) is 14.4 Å². The molecule has 11 heavy (non-hydrogen) atoms. The number of carbonyl (C=O) groups is 2. The number of hydrogen-bond acceptors (Lipinski definition) is 3. The minimum atomic E-state index is -0.634. The highest BCUT2D eigenvalue weighted by Crippen LogP contribution is 1.72. The molecule has 0 rings (SSSR count). The van der Waals surface area contributed by atoms with Crippen LogP contribution in [0.3, 0.4) is 0 Å². The third-order valence-electron chi connectivity index (χ3n) is 0.705. The van der Waals surface area contributed by atoms with Gasteiger partial charge < -0.3 is 5.73 Å². The molecule has 0 aliphatic carbocycles. The third kappa shape index (κ3) is 6.53. The van der Waals surface area contributed by atoms with Gasteiger partial charge in [-0.15, -0.1) is 0 Å². The van der Waals surface area contributed by atoms with Gasteiger partial charge in [-0.05, 0) is 6.92 Å². The first kappa shape index (κ1) is 9.64. The van der Waals surface area contributed by atoms with Gasteiger partial charge in [0.2, 0.25) is 5.91 Å². The van der Waals surface area contributed by atoms with E-state index in [1.807, 2.05) is 5.48 Å². The van der Waals surface area contributed by atoms with E-state index in [0.717, 1.165) is 0 Å². The molecule has 0 heterocycles. The highest BCUT2D eigenvalue weighted by Gasteiger charge is 1.95. The Balaban J connectivity index is 3.39. The summed E-state index contributed by atoms with van der Waals surface area (Å²) in [5.41, 5.74) is 6.71. The van der Waals surface area contributed by atoms with Gasteiger partial charge in [0.15, 0.2) is 6.61 Å². The average Bonchev–Trinajstić information content (AvgIpc) is 1.87. The molecule has 0 saturated carbocycles. The molecule has 0 saturated heterocycles. The summed E-state index contributed by atoms with van der Waals surface area (Å²) in [5.74, 6) is -1.06. The van der Waals surface area contributed by atoms with E-state index in [-0.39, 0.29) is 6.61 Å². The number of nitrogens with two attached hydrogens (primary N) is 1. The second-order valence-corrected chi connectivity index (χ2v) is 1.72. The molecular formula is C6H10N2O3. The number of hydroxylamine groups is 1. The smallest absolute Gasteiger partial charge is 0.267 e. The summed E-state index contributed by atoms with van der Waals surface area (Å²) in [5, 5.41) is 0. The van der Waals surface area contributed by atoms with Crippen molar-refractivity contribution in [3.63, 3.8) is 0 Å². The number of hydrogen-bond donors (Lipinski definition) is 2. The van der Waals surface area contributed by atoms with Crippen molar-refractivity contribution in [1.29, 1.82) is 0 Å². The topological polar surface area (TPSA) is 81.4 Å². The quantitative estimate of drug-likeness (QED) is 0.410. The van der Waals surface area contributed by atoms with E-state index in [0.29, 0.717) is 0 Å². The second-order valence-electron chi connectivity index (χ2n) is 1.72. The molecule has 0 aromatic carbocycles. The molecule has 5 heteroatoms. The normalized spacial score (nSPS) is 9.91. The van der Waals surface area contributed by atoms with Gasteiger partial charge in [-0.2, -0.15) is 0 Å². The van der Waals surface area contributed by atoms with Crippen molar-refractivity contribution in [2.75, 3.05) is 6.61 Å². The molecule has 0 aliphatic heterocycles. The van der Waals surface area contributed by atoms with E-state index in [2.05, 4.69) is 4.84 Å². The molecule has 0 bridgehead atoms. The Morgan fingerprint density at radius 3 is 2.73 bits per heavy atom. The monoisotopic (exact) mass is 158 g/mol. The Labute approximate surface area is 64.2 Å². The molecule has 0 unspecified atom stereocenters. The molecule has 0 radical (unpaired) electrons. The summed E-state index contributed by atoms with van der Waals surface area (Å²) >= 11 is 0. The Kier molecular flexibility index (Phi) is 4.76. The van der Waals surface area contributed by atoms with Crippen LogP contribution in [0.25, 0.3) is 0 Å². The van der Waals surface area contributed by atoms with E-state index < -0.39 is 11.8 Å². The van der Waals surface area contributed by atoms with Crippen LogP contribution in [0.2, 0.25) is 0 Å². The second kappa shape index (κ2) is 5.43. The van der Waals surface area contributed by atoms with Crippen LogP contribution in [0.1, 0.15) is 6.92 Å². The number of carbonyl (C=O) groups excluding carboxylic acids is 2. The minimum Gasteiger partial charge on any atom is -0.368 e. The lowest BCUT2D eigenvalue weighted by atomic mass is 10.5. The van der Waals surface area contributed by atoms with E-state index in [9.17, 15) is 9.59 Å². The summed E-state index contributed by atoms with van der Waals surface area (Å²) in [6, 6.07) is 0. The predicted octanol–water partition coefficient (Wildman–Crippen LogP) is -0.904. The molecule has 5 nitrogen and oxygen atoms in total. The van der Waals surface area contributed by atoms with Gasteiger partial charge in [-0.3, -0.25) is 14.4 Å². The fourth-order valence-corrected chi connectivity index (χ4v) is 0.364. The van der Waals surface area contributed by atoms with Crippen LogP contribution in [0.4, 0.5) is 0 Å². The number of primary amides is 1. The first-order valence-corrected chi connectivity index (χ1v) is 2.99. The van der Waals surface area contributed by atoms with Gasteiger partial charge in [0, 0.05) is 6.08 Å². The lowest BCUT2D eigenvalue weighted by Crippen LogP contribution is -2.28. The van der Waals surface area contributed by atoms with Crippen molar-refractivity contribution >= 4 is 11.8 Å². The van der Waals surface area contributed by atoms with E-state index >= 15 is 0 Å². The average molecular weight is 158 g/mol. The van der Waals surface area contributed by atoms with Gasteiger partial charge in [0.1, 0.15) is 0 Å². The molecule has 0 fully saturated rings. The first-order valence-electron chi connectivity index (χ1n) is 2.99. The van der Waals surface area contributed by atoms with Crippen LogP contribution in [0.5, 0.6) is 0 Å². The molecule has 3 N–H and O–H groups in total. The summed E-state index contributed by atoms with van der Waals surface area (Å²) in [4.78, 5) is 25.0. The van der Waals surface area contributed by atoms with E-state index in [4.69, 9.17) is 5.73 Å². The molecule has 0 aromatic heterocycles. The Morgan fingerprint density at radius 2 is 2.27 bits per heavy atom. The predicted molar refractivity (Wildman–Crippen MR) is 38.1 cm³/mol. The zero-order valence-electron chi connectivity index (χ0n) is 6.16. The van der Waals surface area contributed by atoms with Crippen molar-refractivity contribution in [3.8, 4) is 0 Å². The van der Waals surface area contributed by atoms with Crippen LogP contribution in [-0.4, -0.2) is 18.4 Å². The standard InChI is InChI=1S/C6H10N2O3/c1-2-3-6(10)8-11-4-5(7)9/h2-3H,4H2,1H3,(H2,7,9)(H,8,10)/b3-2+. The molecule has 2 amide bonds. The lowest BCUT2D eigenvalue weighted by molar-refractivity contribution is -0.134. The maximum atomic E-state index is 10.5. The molecular weight excluding hydrogens is 148 g/mol. The number of rotatable bonds is 4. The van der Waals surface area contributed by atoms with Crippen molar-refractivity contribution in [1.82, 2.24) is 5.48 Å². The van der Waals surface area contributed by atoms with E-state index in [1.54, 1.807) is 13.0 Å². The third-order valence-corrected chi connectivity index (χ3v) is 0.705. The van der Waals surface area contributed by atoms with Crippen LogP contribution in [0.15, 0.2) is 12.2 Å². The zero-order valence-corrected chi connectivity index (χ0v) is 6.16. The van der Waals surface area contributed by atoms with Crippen LogP contribution < -0.4 is 11.2 Å². The van der Waals surface area contributed by atoms with Gasteiger partial charge in [-0.25, -0.2) is 5.48 Å². The first-order chi connectivity index (χ1) is 5.16. The fourth-order valence-electron chi connectivity index (χ4n) is 0.364. The maximum Gasteiger partial charge on any atom is 0.267 e. The summed E-state index contributed by atoms with van der Waals surface area (Å²) in [6.45, 7) is 1.37. The van der Waals surface area contributed by atoms with Crippen molar-refractivity contribution in [2.45, 2.75) is 6.92 Å². The number of nitrogens with one attached hydrogen (secondary N) is 1. The van der Waals surface area contributed by atoms with E-state index in [1.165, 1.54) is 6.08 Å². The van der Waals surface area contributed by atoms with Crippen LogP contribution >= 0.6 is 0 Å². The van der Waals surface area contributed by atoms with Gasteiger partial charge in [0.25, 0.3) is 5.91 Å². The number of amides is 2. The Morgan fingerprint density at radius 1 is 1.64 bits per heavy atom. The summed E-state index contributed by atoms with van der Waals surface area (Å²) in [7, 11) is 0. The Bertz CT molecular complexity index is 177. The largest absolute Gasteiger partial charge is 0.368 e. The van der Waals surface area contributed by atoms with Crippen molar-refractivity contribution in [3.05, 3.63) is 12.2 Å². The zero-order chi connectivity index (χ0) is 8.69. The fraction of sp³-hybridized carbons (Fsp3) is 0.333.